The predicted octanol–water partition coefficient (Wildman–Crippen LogP) is 4.37. The van der Waals surface area contributed by atoms with Crippen LogP contribution in [0.3, 0.4) is 0 Å². The van der Waals surface area contributed by atoms with Gasteiger partial charge in [-0.05, 0) is 30.9 Å². The molecule has 0 N–H and O–H groups in total. The number of carbonyl (C=O) groups is 1. The van der Waals surface area contributed by atoms with E-state index in [9.17, 15) is 26.7 Å². The number of aromatic nitrogens is 1. The van der Waals surface area contributed by atoms with E-state index in [1.807, 2.05) is 0 Å². The van der Waals surface area contributed by atoms with Gasteiger partial charge in [-0.15, -0.1) is 0 Å². The van der Waals surface area contributed by atoms with Crippen LogP contribution in [0.25, 0.3) is 0 Å². The van der Waals surface area contributed by atoms with E-state index in [1.165, 1.54) is 6.20 Å². The Morgan fingerprint density at radius 2 is 1.96 bits per heavy atom. The minimum atomic E-state index is -5.90. The Hall–Kier alpha value is -1.70. The molecule has 0 spiro atoms. The molecule has 132 valence electrons. The molecule has 1 aliphatic heterocycles. The molecule has 0 unspecified atom stereocenters. The molecule has 0 radical (unpaired) electrons. The van der Waals surface area contributed by atoms with Crippen molar-refractivity contribution in [3.63, 3.8) is 0 Å². The first-order valence-electron chi connectivity index (χ1n) is 7.16. The van der Waals surface area contributed by atoms with Crippen molar-refractivity contribution >= 4 is 17.4 Å². The molecule has 1 aromatic rings. The second-order valence-electron chi connectivity index (χ2n) is 5.44. The highest BCUT2D eigenvalue weighted by Gasteiger charge is 2.62. The number of pyridine rings is 1. The van der Waals surface area contributed by atoms with Crippen molar-refractivity contribution in [1.82, 2.24) is 9.88 Å². The molecule has 1 aliphatic rings. The molecular formula is C15H14ClF5N2O. The second-order valence-corrected chi connectivity index (χ2v) is 5.83. The summed E-state index contributed by atoms with van der Waals surface area (Å²) in [6.07, 6.45) is -2.37. The molecule has 2 rings (SSSR count). The average molecular weight is 369 g/mol. The normalized spacial score (nSPS) is 18.1. The zero-order chi connectivity index (χ0) is 18.0. The van der Waals surface area contributed by atoms with Gasteiger partial charge in [-0.25, -0.2) is 4.98 Å². The number of piperidine rings is 1. The molecule has 1 fully saturated rings. The fourth-order valence-electron chi connectivity index (χ4n) is 2.36. The van der Waals surface area contributed by atoms with Gasteiger partial charge in [-0.3, -0.25) is 4.79 Å². The maximum atomic E-state index is 13.1. The number of halogens is 6. The highest BCUT2D eigenvalue weighted by molar-refractivity contribution is 6.29. The first-order valence-corrected chi connectivity index (χ1v) is 7.54. The van der Waals surface area contributed by atoms with Crippen molar-refractivity contribution in [2.45, 2.75) is 37.9 Å². The van der Waals surface area contributed by atoms with Gasteiger partial charge < -0.3 is 4.90 Å². The van der Waals surface area contributed by atoms with Crippen molar-refractivity contribution in [1.29, 1.82) is 0 Å². The number of nitrogens with zero attached hydrogens (tertiary/aromatic N) is 2. The van der Waals surface area contributed by atoms with E-state index in [-0.39, 0.29) is 23.8 Å². The van der Waals surface area contributed by atoms with Crippen molar-refractivity contribution in [2.24, 2.45) is 0 Å². The van der Waals surface area contributed by atoms with Gasteiger partial charge >= 0.3 is 12.1 Å². The zero-order valence-corrected chi connectivity index (χ0v) is 13.2. The van der Waals surface area contributed by atoms with Crippen LogP contribution in [0.4, 0.5) is 22.0 Å². The van der Waals surface area contributed by atoms with Crippen LogP contribution in [-0.2, 0) is 11.3 Å². The Balaban J connectivity index is 2.19. The second kappa shape index (κ2) is 7.04. The summed E-state index contributed by atoms with van der Waals surface area (Å²) in [6.45, 7) is 0.709. The minimum Gasteiger partial charge on any atom is -0.370 e. The third-order valence-corrected chi connectivity index (χ3v) is 3.87. The van der Waals surface area contributed by atoms with Gasteiger partial charge in [0, 0.05) is 31.1 Å². The van der Waals surface area contributed by atoms with Gasteiger partial charge in [-0.2, -0.15) is 22.0 Å². The van der Waals surface area contributed by atoms with Crippen LogP contribution in [0, 0.1) is 0 Å². The monoisotopic (exact) mass is 368 g/mol. The first-order chi connectivity index (χ1) is 11.1. The van der Waals surface area contributed by atoms with E-state index in [4.69, 9.17) is 11.6 Å². The van der Waals surface area contributed by atoms with Crippen molar-refractivity contribution in [3.8, 4) is 0 Å². The van der Waals surface area contributed by atoms with Crippen LogP contribution in [0.1, 0.15) is 24.8 Å². The summed E-state index contributed by atoms with van der Waals surface area (Å²) in [5, 5.41) is 0.285. The number of carbonyl (C=O) groups excluding carboxylic acids is 1. The Bertz CT molecular complexity index is 628. The fourth-order valence-corrected chi connectivity index (χ4v) is 2.47. The van der Waals surface area contributed by atoms with E-state index in [2.05, 4.69) is 4.98 Å². The van der Waals surface area contributed by atoms with Gasteiger partial charge in [0.1, 0.15) is 5.15 Å². The number of rotatable bonds is 4. The predicted molar refractivity (Wildman–Crippen MR) is 77.6 cm³/mol. The Morgan fingerprint density at radius 1 is 1.25 bits per heavy atom. The van der Waals surface area contributed by atoms with Gasteiger partial charge in [0.2, 0.25) is 5.78 Å². The molecule has 0 aromatic carbocycles. The lowest BCUT2D eigenvalue weighted by atomic mass is 10.0. The van der Waals surface area contributed by atoms with Gasteiger partial charge in [0.05, 0.1) is 0 Å². The molecule has 0 saturated carbocycles. The van der Waals surface area contributed by atoms with E-state index >= 15 is 0 Å². The van der Waals surface area contributed by atoms with Crippen molar-refractivity contribution < 1.29 is 26.7 Å². The highest BCUT2D eigenvalue weighted by atomic mass is 35.5. The Morgan fingerprint density at radius 3 is 2.54 bits per heavy atom. The first kappa shape index (κ1) is 18.6. The summed E-state index contributed by atoms with van der Waals surface area (Å²) < 4.78 is 63.1. The van der Waals surface area contributed by atoms with Crippen LogP contribution in [0.5, 0.6) is 0 Å². The lowest BCUT2D eigenvalue weighted by Crippen LogP contribution is -2.43. The summed E-state index contributed by atoms with van der Waals surface area (Å²) in [7, 11) is 0. The molecule has 0 amide bonds. The fraction of sp³-hybridized carbons (Fsp3) is 0.467. The molecule has 0 aliphatic carbocycles. The maximum Gasteiger partial charge on any atom is 0.461 e. The molecule has 3 nitrogen and oxygen atoms in total. The lowest BCUT2D eigenvalue weighted by Gasteiger charge is -2.32. The maximum absolute atomic E-state index is 13.1. The van der Waals surface area contributed by atoms with Crippen molar-refractivity contribution in [3.05, 3.63) is 40.8 Å². The number of alkyl halides is 5. The number of hydrogen-bond donors (Lipinski definition) is 0. The molecule has 0 atom stereocenters. The highest BCUT2D eigenvalue weighted by Crippen LogP contribution is 2.37. The van der Waals surface area contributed by atoms with Crippen LogP contribution in [0.2, 0.25) is 5.15 Å². The minimum absolute atomic E-state index is 0.171. The number of likely N-dealkylation sites (tertiary alicyclic amines) is 1. The Labute approximate surface area is 140 Å². The van der Waals surface area contributed by atoms with Crippen LogP contribution < -0.4 is 0 Å². The average Bonchev–Trinajstić information content (AvgIpc) is 2.50. The van der Waals surface area contributed by atoms with Gasteiger partial charge in [-0.1, -0.05) is 17.7 Å². The number of ketones is 1. The zero-order valence-electron chi connectivity index (χ0n) is 12.4. The van der Waals surface area contributed by atoms with Crippen LogP contribution in [0.15, 0.2) is 30.1 Å². The topological polar surface area (TPSA) is 33.2 Å². The molecule has 2 heterocycles. The summed E-state index contributed by atoms with van der Waals surface area (Å²) >= 11 is 5.67. The number of hydrogen-bond acceptors (Lipinski definition) is 3. The summed E-state index contributed by atoms with van der Waals surface area (Å²) in [5.41, 5.74) is 0.882. The third kappa shape index (κ3) is 4.23. The van der Waals surface area contributed by atoms with E-state index < -0.39 is 17.9 Å². The summed E-state index contributed by atoms with van der Waals surface area (Å²) in [5.74, 6) is -7.63. The molecule has 1 saturated heterocycles. The SMILES string of the molecule is O=C(C=C1CCCCN1Cc1ccc(Cl)nc1)C(F)(F)C(F)(F)F. The van der Waals surface area contributed by atoms with E-state index in [0.717, 1.165) is 6.42 Å². The molecule has 24 heavy (non-hydrogen) atoms. The van der Waals surface area contributed by atoms with Gasteiger partial charge in [0.25, 0.3) is 0 Å². The summed E-state index contributed by atoms with van der Waals surface area (Å²) in [4.78, 5) is 16.9. The number of allylic oxidation sites excluding steroid dienone is 2. The molecule has 1 aromatic heterocycles. The van der Waals surface area contributed by atoms with Gasteiger partial charge in [0.15, 0.2) is 0 Å². The lowest BCUT2D eigenvalue weighted by molar-refractivity contribution is -0.266. The third-order valence-electron chi connectivity index (χ3n) is 3.64. The molecular weight excluding hydrogens is 355 g/mol. The van der Waals surface area contributed by atoms with E-state index in [1.54, 1.807) is 17.0 Å². The van der Waals surface area contributed by atoms with Crippen molar-refractivity contribution in [2.75, 3.05) is 6.54 Å². The quantitative estimate of drug-likeness (QED) is 0.449. The smallest absolute Gasteiger partial charge is 0.370 e. The molecule has 9 heteroatoms. The molecule has 0 bridgehead atoms. The Kier molecular flexibility index (Phi) is 5.47. The van der Waals surface area contributed by atoms with Crippen LogP contribution >= 0.6 is 11.6 Å². The summed E-state index contributed by atoms with van der Waals surface area (Å²) in [6, 6.07) is 3.22. The van der Waals surface area contributed by atoms with Crippen LogP contribution in [-0.4, -0.2) is 34.3 Å². The standard InChI is InChI=1S/C15H14ClF5N2O/c16-13-5-4-10(8-22-13)9-23-6-2-1-3-11(23)7-12(24)14(17,18)15(19,20)21/h4-5,7-8H,1-3,6,9H2. The largest absolute Gasteiger partial charge is 0.461 e. The van der Waals surface area contributed by atoms with E-state index in [0.29, 0.717) is 24.6 Å².